The summed E-state index contributed by atoms with van der Waals surface area (Å²) in [6, 6.07) is 0. The van der Waals surface area contributed by atoms with Crippen molar-refractivity contribution in [2.75, 3.05) is 26.8 Å². The molecule has 0 unspecified atom stereocenters. The molecule has 1 aromatic heterocycles. The maximum atomic E-state index is 12.7. The normalized spacial score (nSPS) is 13.0. The second-order valence-corrected chi connectivity index (χ2v) is 6.38. The first kappa shape index (κ1) is 17.4. The van der Waals surface area contributed by atoms with Crippen LogP contribution in [0.3, 0.4) is 0 Å². The van der Waals surface area contributed by atoms with Crippen LogP contribution in [0.15, 0.2) is 10.1 Å². The Morgan fingerprint density at radius 3 is 2.62 bits per heavy atom. The van der Waals surface area contributed by atoms with Crippen LogP contribution in [0, 0.1) is 13.8 Å². The van der Waals surface area contributed by atoms with Crippen molar-refractivity contribution in [1.82, 2.24) is 14.5 Å². The summed E-state index contributed by atoms with van der Waals surface area (Å²) in [5.41, 5.74) is 6.27. The average molecular weight is 319 g/mol. The molecule has 0 amide bonds. The van der Waals surface area contributed by atoms with Crippen LogP contribution in [-0.2, 0) is 14.8 Å². The highest BCUT2D eigenvalue weighted by atomic mass is 32.2. The summed E-state index contributed by atoms with van der Waals surface area (Å²) in [7, 11) is -2.24. The molecule has 1 heterocycles. The number of nitrogens with zero attached hydrogens (tertiary/aromatic N) is 3. The lowest BCUT2D eigenvalue weighted by Gasteiger charge is -2.21. The molecule has 120 valence electrons. The number of hydrogen-bond acceptors (Lipinski definition) is 6. The molecule has 1 aromatic rings. The molecule has 0 saturated heterocycles. The van der Waals surface area contributed by atoms with E-state index in [4.69, 9.17) is 15.7 Å². The molecule has 21 heavy (non-hydrogen) atoms. The summed E-state index contributed by atoms with van der Waals surface area (Å²) in [5.74, 6) is -0.0340. The molecule has 0 bridgehead atoms. The number of oxime groups is 1. The van der Waals surface area contributed by atoms with Gasteiger partial charge in [0.05, 0.1) is 18.0 Å². The minimum absolute atomic E-state index is 0.0340. The van der Waals surface area contributed by atoms with Gasteiger partial charge in [0.1, 0.15) is 10.7 Å². The van der Waals surface area contributed by atoms with Gasteiger partial charge in [-0.25, -0.2) is 8.42 Å². The molecular weight excluding hydrogens is 298 g/mol. The monoisotopic (exact) mass is 319 g/mol. The van der Waals surface area contributed by atoms with Crippen molar-refractivity contribution in [1.29, 1.82) is 0 Å². The first-order valence-electron chi connectivity index (χ1n) is 6.31. The standard InChI is InChI=1S/C11H21N5O4S/c1-8-11(9(2)14-13-8)21(18,19)16(6-7-20-3)5-4-10(12)15-17/h17H,4-7H2,1-3H3,(H2,12,15)(H,13,14). The molecule has 4 N–H and O–H groups in total. The second-order valence-electron chi connectivity index (χ2n) is 4.50. The Bertz CT molecular complexity index is 576. The van der Waals surface area contributed by atoms with E-state index in [1.165, 1.54) is 11.4 Å². The van der Waals surface area contributed by atoms with Crippen molar-refractivity contribution in [3.8, 4) is 0 Å². The van der Waals surface area contributed by atoms with Crippen molar-refractivity contribution in [2.24, 2.45) is 10.9 Å². The van der Waals surface area contributed by atoms with E-state index in [9.17, 15) is 8.42 Å². The first-order chi connectivity index (χ1) is 9.84. The Hall–Kier alpha value is -1.65. The van der Waals surface area contributed by atoms with Gasteiger partial charge in [-0.05, 0) is 13.8 Å². The minimum atomic E-state index is -3.73. The maximum Gasteiger partial charge on any atom is 0.246 e. The van der Waals surface area contributed by atoms with E-state index < -0.39 is 10.0 Å². The van der Waals surface area contributed by atoms with Crippen LogP contribution in [0.1, 0.15) is 17.8 Å². The van der Waals surface area contributed by atoms with E-state index in [2.05, 4.69) is 15.4 Å². The highest BCUT2D eigenvalue weighted by Crippen LogP contribution is 2.21. The third-order valence-corrected chi connectivity index (χ3v) is 5.11. The third kappa shape index (κ3) is 4.16. The lowest BCUT2D eigenvalue weighted by molar-refractivity contribution is 0.179. The zero-order valence-electron chi connectivity index (χ0n) is 12.3. The van der Waals surface area contributed by atoms with E-state index in [0.717, 1.165) is 0 Å². The zero-order valence-corrected chi connectivity index (χ0v) is 13.1. The first-order valence-corrected chi connectivity index (χ1v) is 7.75. The van der Waals surface area contributed by atoms with Crippen molar-refractivity contribution in [2.45, 2.75) is 25.2 Å². The lowest BCUT2D eigenvalue weighted by Crippen LogP contribution is -2.37. The van der Waals surface area contributed by atoms with Gasteiger partial charge < -0.3 is 15.7 Å². The van der Waals surface area contributed by atoms with Crippen molar-refractivity contribution in [3.05, 3.63) is 11.4 Å². The molecular formula is C11H21N5O4S. The van der Waals surface area contributed by atoms with Crippen LogP contribution in [-0.4, -0.2) is 60.8 Å². The maximum absolute atomic E-state index is 12.7. The molecule has 1 rings (SSSR count). The van der Waals surface area contributed by atoms with Gasteiger partial charge in [0.25, 0.3) is 0 Å². The molecule has 0 aromatic carbocycles. The van der Waals surface area contributed by atoms with Crippen molar-refractivity contribution in [3.63, 3.8) is 0 Å². The van der Waals surface area contributed by atoms with Gasteiger partial charge in [-0.1, -0.05) is 5.16 Å². The smallest absolute Gasteiger partial charge is 0.246 e. The number of aromatic nitrogens is 2. The van der Waals surface area contributed by atoms with E-state index >= 15 is 0 Å². The van der Waals surface area contributed by atoms with Gasteiger partial charge in [-0.15, -0.1) is 0 Å². The second kappa shape index (κ2) is 7.38. The van der Waals surface area contributed by atoms with Crippen molar-refractivity contribution < 1.29 is 18.4 Å². The zero-order chi connectivity index (χ0) is 16.0. The van der Waals surface area contributed by atoms with Crippen LogP contribution < -0.4 is 5.73 Å². The fourth-order valence-corrected chi connectivity index (χ4v) is 3.64. The molecule has 0 atom stereocenters. The summed E-state index contributed by atoms with van der Waals surface area (Å²) >= 11 is 0. The molecule has 0 aliphatic rings. The highest BCUT2D eigenvalue weighted by Gasteiger charge is 2.29. The molecule has 0 aliphatic carbocycles. The Morgan fingerprint density at radius 1 is 1.48 bits per heavy atom. The van der Waals surface area contributed by atoms with Gasteiger partial charge >= 0.3 is 0 Å². The lowest BCUT2D eigenvalue weighted by atomic mass is 10.4. The van der Waals surface area contributed by atoms with E-state index in [1.54, 1.807) is 13.8 Å². The average Bonchev–Trinajstić information content (AvgIpc) is 2.77. The minimum Gasteiger partial charge on any atom is -0.409 e. The SMILES string of the molecule is COCCN(CCC(N)=NO)S(=O)(=O)c1c(C)n[nH]c1C. The van der Waals surface area contributed by atoms with E-state index in [1.807, 2.05) is 0 Å². The molecule has 0 saturated carbocycles. The van der Waals surface area contributed by atoms with Gasteiger partial charge in [-0.2, -0.15) is 9.40 Å². The van der Waals surface area contributed by atoms with E-state index in [0.29, 0.717) is 11.4 Å². The summed E-state index contributed by atoms with van der Waals surface area (Å²) in [5, 5.41) is 18.0. The third-order valence-electron chi connectivity index (χ3n) is 2.95. The number of nitrogens with one attached hydrogen (secondary N) is 1. The number of nitrogens with two attached hydrogens (primary N) is 1. The Labute approximate surface area is 123 Å². The Morgan fingerprint density at radius 2 is 2.14 bits per heavy atom. The van der Waals surface area contributed by atoms with Crippen molar-refractivity contribution >= 4 is 15.9 Å². The van der Waals surface area contributed by atoms with Crippen LogP contribution in [0.4, 0.5) is 0 Å². The number of H-pyrrole nitrogens is 1. The molecule has 9 nitrogen and oxygen atoms in total. The number of amidine groups is 1. The molecule has 10 heteroatoms. The number of aryl methyl sites for hydroxylation is 2. The van der Waals surface area contributed by atoms with Crippen LogP contribution >= 0.6 is 0 Å². The quantitative estimate of drug-likeness (QED) is 0.263. The van der Waals surface area contributed by atoms with Crippen LogP contribution in [0.2, 0.25) is 0 Å². The summed E-state index contributed by atoms with van der Waals surface area (Å²) in [6.45, 7) is 3.76. The molecule has 0 aliphatic heterocycles. The van der Waals surface area contributed by atoms with Crippen LogP contribution in [0.25, 0.3) is 0 Å². The topological polar surface area (TPSA) is 134 Å². The fourth-order valence-electron chi connectivity index (χ4n) is 1.88. The van der Waals surface area contributed by atoms with Crippen LogP contribution in [0.5, 0.6) is 0 Å². The predicted octanol–water partition coefficient (Wildman–Crippen LogP) is -0.200. The highest BCUT2D eigenvalue weighted by molar-refractivity contribution is 7.89. The fraction of sp³-hybridized carbons (Fsp3) is 0.636. The predicted molar refractivity (Wildman–Crippen MR) is 76.7 cm³/mol. The summed E-state index contributed by atoms with van der Waals surface area (Å²) < 4.78 is 31.6. The number of ether oxygens (including phenoxy) is 1. The summed E-state index contributed by atoms with van der Waals surface area (Å²) in [4.78, 5) is 0.151. The van der Waals surface area contributed by atoms with E-state index in [-0.39, 0.29) is 36.8 Å². The molecule has 0 radical (unpaired) electrons. The number of methoxy groups -OCH3 is 1. The number of hydrogen-bond donors (Lipinski definition) is 3. The summed E-state index contributed by atoms with van der Waals surface area (Å²) in [6.07, 6.45) is 0.120. The number of rotatable bonds is 8. The van der Waals surface area contributed by atoms with Gasteiger partial charge in [0, 0.05) is 26.6 Å². The largest absolute Gasteiger partial charge is 0.409 e. The van der Waals surface area contributed by atoms with Gasteiger partial charge in [0.15, 0.2) is 0 Å². The molecule has 0 fully saturated rings. The Kier molecular flexibility index (Phi) is 6.12. The number of aromatic amines is 1. The molecule has 0 spiro atoms. The Balaban J connectivity index is 3.06. The number of sulfonamides is 1. The van der Waals surface area contributed by atoms with Gasteiger partial charge in [-0.3, -0.25) is 5.10 Å². The van der Waals surface area contributed by atoms with Gasteiger partial charge in [0.2, 0.25) is 10.0 Å².